The summed E-state index contributed by atoms with van der Waals surface area (Å²) in [5.41, 5.74) is 0.195. The van der Waals surface area contributed by atoms with Crippen molar-refractivity contribution in [1.29, 1.82) is 0 Å². The van der Waals surface area contributed by atoms with E-state index < -0.39 is 29.2 Å². The average molecular weight is 487 g/mol. The van der Waals surface area contributed by atoms with Gasteiger partial charge in [0.25, 0.3) is 5.91 Å². The molecular weight excluding hydrogens is 463 g/mol. The minimum atomic E-state index is -4.41. The molecule has 0 saturated heterocycles. The van der Waals surface area contributed by atoms with E-state index in [0.29, 0.717) is 33.9 Å². The SMILES string of the molecule is Cc1cc(OCC(=O)Nc2cccc(-c3ccc(C(F)(F)F)cc3)c2)ccc1OC(C)(C)C(=O)O. The molecular formula is C26H24F3NO5. The van der Waals surface area contributed by atoms with Crippen LogP contribution < -0.4 is 14.8 Å². The number of hydrogen-bond donors (Lipinski definition) is 2. The number of amides is 1. The Hall–Kier alpha value is -4.01. The van der Waals surface area contributed by atoms with Crippen LogP contribution in [-0.2, 0) is 15.8 Å². The molecule has 0 aliphatic rings. The Morgan fingerprint density at radius 3 is 2.23 bits per heavy atom. The number of carbonyl (C=O) groups excluding carboxylic acids is 1. The number of aryl methyl sites for hydroxylation is 1. The lowest BCUT2D eigenvalue weighted by Gasteiger charge is -2.23. The normalized spacial score (nSPS) is 11.6. The van der Waals surface area contributed by atoms with Gasteiger partial charge in [-0.05, 0) is 79.9 Å². The molecule has 6 nitrogen and oxygen atoms in total. The van der Waals surface area contributed by atoms with Crippen LogP contribution in [-0.4, -0.2) is 29.2 Å². The molecule has 3 aromatic carbocycles. The number of ether oxygens (including phenoxy) is 2. The molecule has 1 amide bonds. The highest BCUT2D eigenvalue weighted by Crippen LogP contribution is 2.31. The van der Waals surface area contributed by atoms with E-state index in [4.69, 9.17) is 9.47 Å². The highest BCUT2D eigenvalue weighted by atomic mass is 19.4. The first-order valence-corrected chi connectivity index (χ1v) is 10.6. The number of carboxylic acid groups (broad SMARTS) is 1. The van der Waals surface area contributed by atoms with Crippen LogP contribution >= 0.6 is 0 Å². The summed E-state index contributed by atoms with van der Waals surface area (Å²) >= 11 is 0. The molecule has 35 heavy (non-hydrogen) atoms. The van der Waals surface area contributed by atoms with Crippen molar-refractivity contribution in [3.8, 4) is 22.6 Å². The smallest absolute Gasteiger partial charge is 0.416 e. The van der Waals surface area contributed by atoms with Crippen LogP contribution in [0.25, 0.3) is 11.1 Å². The number of carboxylic acids is 1. The lowest BCUT2D eigenvalue weighted by molar-refractivity contribution is -0.152. The summed E-state index contributed by atoms with van der Waals surface area (Å²) in [6.45, 7) is 4.32. The number of hydrogen-bond acceptors (Lipinski definition) is 4. The van der Waals surface area contributed by atoms with Crippen molar-refractivity contribution in [2.75, 3.05) is 11.9 Å². The number of alkyl halides is 3. The highest BCUT2D eigenvalue weighted by molar-refractivity contribution is 5.92. The Labute approximate surface area is 200 Å². The van der Waals surface area contributed by atoms with Crippen molar-refractivity contribution < 1.29 is 37.3 Å². The number of halogens is 3. The van der Waals surface area contributed by atoms with Crippen LogP contribution in [0, 0.1) is 6.92 Å². The molecule has 0 aliphatic heterocycles. The van der Waals surface area contributed by atoms with Gasteiger partial charge in [0.2, 0.25) is 0 Å². The maximum absolute atomic E-state index is 12.8. The van der Waals surface area contributed by atoms with Crippen LogP contribution in [0.3, 0.4) is 0 Å². The molecule has 9 heteroatoms. The summed E-state index contributed by atoms with van der Waals surface area (Å²) in [6, 6.07) is 16.3. The van der Waals surface area contributed by atoms with Gasteiger partial charge in [-0.15, -0.1) is 0 Å². The predicted molar refractivity (Wildman–Crippen MR) is 125 cm³/mol. The largest absolute Gasteiger partial charge is 0.484 e. The zero-order chi connectivity index (χ0) is 25.8. The maximum atomic E-state index is 12.8. The van der Waals surface area contributed by atoms with Gasteiger partial charge in [-0.3, -0.25) is 4.79 Å². The number of carbonyl (C=O) groups is 2. The van der Waals surface area contributed by atoms with Crippen LogP contribution in [0.4, 0.5) is 18.9 Å². The molecule has 3 rings (SSSR count). The molecule has 0 heterocycles. The first-order chi connectivity index (χ1) is 16.3. The summed E-state index contributed by atoms with van der Waals surface area (Å²) in [6.07, 6.45) is -4.41. The van der Waals surface area contributed by atoms with Crippen molar-refractivity contribution in [2.45, 2.75) is 32.5 Å². The number of nitrogens with one attached hydrogen (secondary N) is 1. The van der Waals surface area contributed by atoms with Crippen LogP contribution in [0.15, 0.2) is 66.7 Å². The van der Waals surface area contributed by atoms with Gasteiger partial charge in [-0.1, -0.05) is 24.3 Å². The monoisotopic (exact) mass is 487 g/mol. The number of aliphatic carboxylic acids is 1. The summed E-state index contributed by atoms with van der Waals surface area (Å²) < 4.78 is 49.4. The van der Waals surface area contributed by atoms with Gasteiger partial charge in [-0.2, -0.15) is 13.2 Å². The molecule has 0 aromatic heterocycles. The van der Waals surface area contributed by atoms with E-state index in [-0.39, 0.29) is 6.61 Å². The minimum Gasteiger partial charge on any atom is -0.484 e. The fraction of sp³-hybridized carbons (Fsp3) is 0.231. The van der Waals surface area contributed by atoms with Gasteiger partial charge in [0.1, 0.15) is 11.5 Å². The van der Waals surface area contributed by atoms with Crippen molar-refractivity contribution >= 4 is 17.6 Å². The van der Waals surface area contributed by atoms with Crippen molar-refractivity contribution in [1.82, 2.24) is 0 Å². The molecule has 3 aromatic rings. The zero-order valence-electron chi connectivity index (χ0n) is 19.3. The quantitative estimate of drug-likeness (QED) is 0.411. The van der Waals surface area contributed by atoms with E-state index >= 15 is 0 Å². The third-order valence-corrected chi connectivity index (χ3v) is 5.09. The lowest BCUT2D eigenvalue weighted by Crippen LogP contribution is -2.38. The number of anilines is 1. The zero-order valence-corrected chi connectivity index (χ0v) is 19.3. The van der Waals surface area contributed by atoms with Crippen molar-refractivity contribution in [3.63, 3.8) is 0 Å². The second-order valence-electron chi connectivity index (χ2n) is 8.34. The van der Waals surface area contributed by atoms with E-state index in [1.165, 1.54) is 26.0 Å². The molecule has 0 aliphatic carbocycles. The van der Waals surface area contributed by atoms with E-state index in [9.17, 15) is 27.9 Å². The molecule has 0 atom stereocenters. The highest BCUT2D eigenvalue weighted by Gasteiger charge is 2.30. The van der Waals surface area contributed by atoms with Crippen LogP contribution in [0.2, 0.25) is 0 Å². The minimum absolute atomic E-state index is 0.287. The fourth-order valence-electron chi connectivity index (χ4n) is 3.12. The number of rotatable bonds is 8. The van der Waals surface area contributed by atoms with Gasteiger partial charge in [0.05, 0.1) is 5.56 Å². The van der Waals surface area contributed by atoms with Crippen LogP contribution in [0.1, 0.15) is 25.0 Å². The molecule has 184 valence electrons. The first kappa shape index (κ1) is 25.6. The average Bonchev–Trinajstić information content (AvgIpc) is 2.79. The summed E-state index contributed by atoms with van der Waals surface area (Å²) in [7, 11) is 0. The first-order valence-electron chi connectivity index (χ1n) is 10.6. The number of benzene rings is 3. The Morgan fingerprint density at radius 2 is 1.63 bits per heavy atom. The second-order valence-corrected chi connectivity index (χ2v) is 8.34. The van der Waals surface area contributed by atoms with E-state index in [1.807, 2.05) is 0 Å². The standard InChI is InChI=1S/C26H24F3NO5/c1-16-13-21(11-12-22(16)35-25(2,3)24(32)33)34-15-23(31)30-20-6-4-5-18(14-20)17-7-9-19(10-8-17)26(27,28)29/h4-14H,15H2,1-3H3,(H,30,31)(H,32,33). The Morgan fingerprint density at radius 1 is 0.943 bits per heavy atom. The third kappa shape index (κ3) is 6.75. The van der Waals surface area contributed by atoms with Gasteiger partial charge in [-0.25, -0.2) is 4.79 Å². The van der Waals surface area contributed by atoms with Gasteiger partial charge in [0, 0.05) is 5.69 Å². The topological polar surface area (TPSA) is 84.9 Å². The van der Waals surface area contributed by atoms with Crippen molar-refractivity contribution in [2.24, 2.45) is 0 Å². The van der Waals surface area contributed by atoms with E-state index in [2.05, 4.69) is 5.32 Å². The lowest BCUT2D eigenvalue weighted by atomic mass is 10.0. The second kappa shape index (κ2) is 10.1. The molecule has 0 radical (unpaired) electrons. The summed E-state index contributed by atoms with van der Waals surface area (Å²) in [5.74, 6) is -0.748. The molecule has 2 N–H and O–H groups in total. The van der Waals surface area contributed by atoms with Gasteiger partial charge < -0.3 is 19.9 Å². The maximum Gasteiger partial charge on any atom is 0.416 e. The van der Waals surface area contributed by atoms with E-state index in [0.717, 1.165) is 12.1 Å². The predicted octanol–water partition coefficient (Wildman–Crippen LogP) is 5.94. The summed E-state index contributed by atoms with van der Waals surface area (Å²) in [4.78, 5) is 23.6. The molecule has 0 saturated carbocycles. The van der Waals surface area contributed by atoms with Gasteiger partial charge >= 0.3 is 12.1 Å². The van der Waals surface area contributed by atoms with Crippen LogP contribution in [0.5, 0.6) is 11.5 Å². The molecule has 0 spiro atoms. The van der Waals surface area contributed by atoms with E-state index in [1.54, 1.807) is 49.4 Å². The Bertz CT molecular complexity index is 1220. The van der Waals surface area contributed by atoms with Crippen molar-refractivity contribution in [3.05, 3.63) is 77.9 Å². The third-order valence-electron chi connectivity index (χ3n) is 5.09. The molecule has 0 fully saturated rings. The molecule has 0 unspecified atom stereocenters. The fourth-order valence-corrected chi connectivity index (χ4v) is 3.12. The molecule has 0 bridgehead atoms. The Kier molecular flexibility index (Phi) is 7.38. The van der Waals surface area contributed by atoms with Gasteiger partial charge in [0.15, 0.2) is 12.2 Å². The summed E-state index contributed by atoms with van der Waals surface area (Å²) in [5, 5.41) is 11.9. The Balaban J connectivity index is 1.60.